The van der Waals surface area contributed by atoms with Crippen LogP contribution in [-0.2, 0) is 69.4 Å². The molecule has 0 saturated carbocycles. The number of aromatic nitrogens is 34. The zero-order chi connectivity index (χ0) is 103. The highest BCUT2D eigenvalue weighted by Crippen LogP contribution is 2.39. The van der Waals surface area contributed by atoms with E-state index in [1.807, 2.05) is 81.8 Å². The fourth-order valence-electron chi connectivity index (χ4n) is 15.8. The topological polar surface area (TPSA) is 667 Å². The van der Waals surface area contributed by atoms with Gasteiger partial charge in [-0.1, -0.05) is 90.3 Å². The number of nitrogen functional groups attached to an aromatic ring is 8. The highest BCUT2D eigenvalue weighted by molar-refractivity contribution is 6.06. The van der Waals surface area contributed by atoms with Crippen molar-refractivity contribution in [3.05, 3.63) is 230 Å². The summed E-state index contributed by atoms with van der Waals surface area (Å²) in [5, 5.41) is 85.8. The summed E-state index contributed by atoms with van der Waals surface area (Å²) in [7, 11) is 14.3. The summed E-state index contributed by atoms with van der Waals surface area (Å²) >= 11 is 0. The minimum Gasteiger partial charge on any atom is -0.505 e. The van der Waals surface area contributed by atoms with Gasteiger partial charge in [0.15, 0.2) is 56.7 Å². The third-order valence-corrected chi connectivity index (χ3v) is 22.6. The van der Waals surface area contributed by atoms with Gasteiger partial charge in [0.1, 0.15) is 154 Å². The number of phenolic OH excluding ortho intramolecular Hbond substituents is 1. The third-order valence-electron chi connectivity index (χ3n) is 22.6. The van der Waals surface area contributed by atoms with Gasteiger partial charge >= 0.3 is 0 Å². The first-order valence-corrected chi connectivity index (χ1v) is 44.1. The molecule has 0 saturated heterocycles. The van der Waals surface area contributed by atoms with Crippen LogP contribution in [0, 0.1) is 43.1 Å². The Hall–Kier alpha value is -19.4. The van der Waals surface area contributed by atoms with E-state index in [9.17, 15) is 28.5 Å². The fraction of sp³-hybridized carbons (Fsp3) is 0.177. The Morgan fingerprint density at radius 3 is 1.17 bits per heavy atom. The zero-order valence-electron chi connectivity index (χ0n) is 79.9. The summed E-state index contributed by atoms with van der Waals surface area (Å²) in [6, 6.07) is 36.8. The lowest BCUT2D eigenvalue weighted by molar-refractivity contribution is 0.143. The number of anilines is 8. The number of fused-ring (bicyclic) bond motifs is 9. The van der Waals surface area contributed by atoms with Crippen molar-refractivity contribution in [3.63, 3.8) is 0 Å². The van der Waals surface area contributed by atoms with Crippen LogP contribution in [0.4, 0.5) is 59.7 Å². The van der Waals surface area contributed by atoms with E-state index in [-0.39, 0.29) is 30.7 Å². The third kappa shape index (κ3) is 20.6. The number of rotatable bonds is 10. The Bertz CT molecular complexity index is 8580. The number of nitrogens with one attached hydrogen (secondary N) is 1. The second kappa shape index (κ2) is 41.7. The van der Waals surface area contributed by atoms with Crippen LogP contribution in [0.15, 0.2) is 184 Å². The maximum Gasteiger partial charge on any atom is 0.164 e. The Morgan fingerprint density at radius 1 is 0.366 bits per heavy atom. The Labute approximate surface area is 819 Å². The molecule has 49 heteroatoms. The van der Waals surface area contributed by atoms with Crippen LogP contribution in [0.1, 0.15) is 48.3 Å². The van der Waals surface area contributed by atoms with E-state index in [1.165, 1.54) is 92.6 Å². The van der Waals surface area contributed by atoms with Gasteiger partial charge in [-0.05, 0) is 106 Å². The number of aromatic hydroxyl groups is 1. The Balaban J connectivity index is 0.000000119. The first-order chi connectivity index (χ1) is 69.6. The predicted octanol–water partition coefficient (Wildman–Crippen LogP) is 9.72. The lowest BCUT2D eigenvalue weighted by Gasteiger charge is -2.05. The van der Waals surface area contributed by atoms with Crippen LogP contribution in [0.25, 0.3) is 167 Å². The molecule has 145 heavy (non-hydrogen) atoms. The predicted molar refractivity (Wildman–Crippen MR) is 544 cm³/mol. The average Bonchev–Trinajstić information content (AvgIpc) is 1.61. The Morgan fingerprint density at radius 2 is 0.731 bits per heavy atom. The van der Waals surface area contributed by atoms with Crippen molar-refractivity contribution in [2.45, 2.75) is 52.7 Å². The van der Waals surface area contributed by atoms with Gasteiger partial charge in [-0.2, -0.15) is 45.9 Å². The highest BCUT2D eigenvalue weighted by atomic mass is 19.1. The number of hydrogen-bond acceptors (Lipinski definition) is 37. The van der Waals surface area contributed by atoms with E-state index in [0.717, 1.165) is 77.7 Å². The van der Waals surface area contributed by atoms with Gasteiger partial charge in [0.05, 0.1) is 67.1 Å². The Kier molecular flexibility index (Phi) is 28.4. The van der Waals surface area contributed by atoms with Gasteiger partial charge in [-0.3, -0.25) is 9.78 Å². The van der Waals surface area contributed by atoms with E-state index in [2.05, 4.69) is 162 Å². The molecular formula is C96H95F3N42O4. The number of hydrogen-bond donors (Lipinski definition) is 13. The van der Waals surface area contributed by atoms with Crippen molar-refractivity contribution in [2.75, 3.05) is 52.5 Å². The molecule has 23 aromatic rings. The molecule has 0 aliphatic rings. The fourth-order valence-corrected chi connectivity index (χ4v) is 15.8. The normalized spacial score (nSPS) is 11.1. The van der Waals surface area contributed by atoms with Gasteiger partial charge in [0, 0.05) is 102 Å². The molecule has 0 spiro atoms. The van der Waals surface area contributed by atoms with Crippen molar-refractivity contribution in [1.29, 1.82) is 0 Å². The first-order valence-electron chi connectivity index (χ1n) is 44.1. The molecule has 0 aliphatic heterocycles. The summed E-state index contributed by atoms with van der Waals surface area (Å²) in [5.74, 6) is 6.81. The van der Waals surface area contributed by atoms with Gasteiger partial charge in [-0.15, -0.1) is 0 Å². The van der Waals surface area contributed by atoms with Gasteiger partial charge < -0.3 is 66.3 Å². The van der Waals surface area contributed by atoms with Crippen molar-refractivity contribution in [3.8, 4) is 85.1 Å². The van der Waals surface area contributed by atoms with E-state index < -0.39 is 17.2 Å². The highest BCUT2D eigenvalue weighted by Gasteiger charge is 2.25. The lowest BCUT2D eigenvalue weighted by atomic mass is 10.0. The molecule has 0 fully saturated rings. The SMILES string of the molecule is Cc1ccc(-c2nn(C)c3ncnc(N)c23)cc1F.Cc1cccc(-c2nn(C)c3ncnc(N)c23)c1.Cn1nc(-c2ccc(F)c(O)c2)c2c(N)ncnc21.Cn1nc(-c2cccc(F)c2)c2c(N)ncnc21.Cn1nc(-c2cccc3[nH]ncc23)c2c(N)ncnc21.Cn1nc(-c2ccccc2CO)c2c(N)ncnc21.Cn1nc(C#CC(C)(C)O)c2c(N)ncnc21.Cn1nc(CCCO)c2c(N)ncnc21. The number of halogens is 3. The van der Waals surface area contributed by atoms with Crippen molar-refractivity contribution in [1.82, 2.24) is 168 Å². The van der Waals surface area contributed by atoms with Crippen LogP contribution in [0.3, 0.4) is 0 Å². The van der Waals surface area contributed by atoms with Crippen molar-refractivity contribution in [2.24, 2.45) is 56.4 Å². The molecule has 0 amide bonds. The number of phenols is 1. The largest absolute Gasteiger partial charge is 0.505 e. The number of nitrogens with two attached hydrogens (primary N) is 8. The number of aliphatic hydroxyl groups is 3. The zero-order valence-corrected chi connectivity index (χ0v) is 79.9. The summed E-state index contributed by atoms with van der Waals surface area (Å²) in [6.07, 6.45) is 14.4. The molecule has 0 unspecified atom stereocenters. The molecule has 6 aromatic carbocycles. The quantitative estimate of drug-likeness (QED) is 0.0566. The molecule has 0 bridgehead atoms. The summed E-state index contributed by atoms with van der Waals surface area (Å²) in [6.45, 7) is 7.06. The molecular weight excluding hydrogens is 1860 g/mol. The smallest absolute Gasteiger partial charge is 0.164 e. The van der Waals surface area contributed by atoms with Crippen LogP contribution in [0.2, 0.25) is 0 Å². The van der Waals surface area contributed by atoms with Gasteiger partial charge in [-0.25, -0.2) is 126 Å². The minimum atomic E-state index is -1.08. The van der Waals surface area contributed by atoms with Crippen LogP contribution in [-0.4, -0.2) is 201 Å². The van der Waals surface area contributed by atoms with E-state index in [0.29, 0.717) is 165 Å². The van der Waals surface area contributed by atoms with Crippen LogP contribution in [0.5, 0.6) is 5.75 Å². The lowest BCUT2D eigenvalue weighted by Crippen LogP contribution is -2.14. The molecule has 0 radical (unpaired) electrons. The summed E-state index contributed by atoms with van der Waals surface area (Å²) in [5.41, 5.74) is 64.8. The van der Waals surface area contributed by atoms with E-state index >= 15 is 0 Å². The number of benzene rings is 6. The second-order valence-electron chi connectivity index (χ2n) is 33.1. The molecule has 17 aromatic heterocycles. The van der Waals surface area contributed by atoms with Crippen LogP contribution >= 0.6 is 0 Å². The molecule has 0 aliphatic carbocycles. The standard InChI is InChI=1S/C13H12FN5.C13H11N7.C13H13N5O.C13H13N5.C12H10FN5O.C12H10FN5.C11H13N5O.C9H13N5O/c1-7-3-4-8(5-9(7)14)11-10-12(15)16-6-17-13(10)19(2)18-11;1-20-13-10(12(14)15-6-16-13)11(19-20)7-3-2-4-9-8(7)5-17-18-9;1-18-13-10(12(14)15-7-16-13)11(17-18)9-5-3-2-4-8(9)6-19;1-8-4-3-5-9(6-8)11-10-12(14)15-7-16-13(10)18(2)17-11;1-18-12-9(11(14)15-5-16-12)10(17-18)6-2-3-7(13)8(19)4-6;1-18-12-9(11(14)15-6-16-12)10(17-18)7-3-2-4-8(13)5-7;1-11(2,17)5-4-7-8-9(12)13-6-14-10(8)16(3)15-7;1-14-9-7(8(10)11-5-12-9)6(13-14)3-2-4-15/h3-6H,1-2H3,(H2,15,16,17);2-6H,1H3,(H,17,18)(H2,14,15,16);2-5,7,19H,6H2,1H3,(H2,14,15,16);3-7H,1-2H3,(H2,14,15,16);2-5,19H,1H3,(H2,14,15,16);2-6H,1H3,(H2,14,15,16);6,17H,1-3H3,(H2,12,13,14);5,15H,2-4H2,1H3,(H2,10,11,12). The van der Waals surface area contributed by atoms with Gasteiger partial charge in [0.2, 0.25) is 0 Å². The monoisotopic (exact) mass is 1960 g/mol. The van der Waals surface area contributed by atoms with Crippen LogP contribution < -0.4 is 45.9 Å². The molecule has 734 valence electrons. The minimum absolute atomic E-state index is 0.0537. The molecule has 21 N–H and O–H groups in total. The first kappa shape index (κ1) is 98.7. The second-order valence-corrected chi connectivity index (χ2v) is 33.1. The maximum atomic E-state index is 13.7. The summed E-state index contributed by atoms with van der Waals surface area (Å²) < 4.78 is 53.2. The number of aromatic amines is 1. The maximum absolute atomic E-state index is 13.7. The molecule has 17 heterocycles. The van der Waals surface area contributed by atoms with Gasteiger partial charge in [0.25, 0.3) is 0 Å². The molecule has 23 rings (SSSR count). The molecule has 0 atom stereocenters. The van der Waals surface area contributed by atoms with Crippen molar-refractivity contribution >= 4 is 146 Å². The molecule has 46 nitrogen and oxygen atoms in total. The number of aliphatic hydroxyl groups excluding tert-OH is 2. The van der Waals surface area contributed by atoms with Crippen molar-refractivity contribution < 1.29 is 33.6 Å². The van der Waals surface area contributed by atoms with E-state index in [4.69, 9.17) is 51.0 Å². The number of nitrogens with zero attached hydrogens (tertiary/aromatic N) is 33. The van der Waals surface area contributed by atoms with E-state index in [1.54, 1.807) is 118 Å². The summed E-state index contributed by atoms with van der Waals surface area (Å²) in [4.78, 5) is 65.0. The average molecular weight is 1960 g/mol. The number of H-pyrrole nitrogens is 1. The number of aryl methyl sites for hydroxylation is 11.